The smallest absolute Gasteiger partial charge is 0.218 e. The van der Waals surface area contributed by atoms with Gasteiger partial charge in [-0.1, -0.05) is 37.6 Å². The Balaban J connectivity index is 2.03. The molecule has 0 radical (unpaired) electrons. The molecule has 0 unspecified atom stereocenters. The molecule has 0 saturated heterocycles. The molecule has 1 N–H and O–H groups in total. The van der Waals surface area contributed by atoms with E-state index in [4.69, 9.17) is 5.11 Å². The summed E-state index contributed by atoms with van der Waals surface area (Å²) in [5.74, 6) is 0.584. The van der Waals surface area contributed by atoms with Gasteiger partial charge >= 0.3 is 0 Å². The van der Waals surface area contributed by atoms with Crippen LogP contribution in [0.1, 0.15) is 37.3 Å². The highest BCUT2D eigenvalue weighted by atomic mass is 32.2. The van der Waals surface area contributed by atoms with Gasteiger partial charge < -0.3 is 5.11 Å². The lowest BCUT2D eigenvalue weighted by molar-refractivity contribution is 0.250. The number of aliphatic hydroxyl groups excluding tert-OH is 1. The fourth-order valence-electron chi connectivity index (χ4n) is 2.45. The fourth-order valence-corrected chi connectivity index (χ4v) is 4.07. The van der Waals surface area contributed by atoms with Crippen molar-refractivity contribution in [1.82, 2.24) is 4.31 Å². The highest BCUT2D eigenvalue weighted by molar-refractivity contribution is 7.88. The molecule has 0 spiro atoms. The van der Waals surface area contributed by atoms with Crippen LogP contribution in [-0.4, -0.2) is 30.9 Å². The average Bonchev–Trinajstić information content (AvgIpc) is 2.37. The second-order valence-corrected chi connectivity index (χ2v) is 7.45. The van der Waals surface area contributed by atoms with Crippen molar-refractivity contribution in [2.24, 2.45) is 5.92 Å². The largest absolute Gasteiger partial charge is 0.392 e. The molecule has 1 aromatic carbocycles. The molecule has 1 fully saturated rings. The molecule has 1 aromatic rings. The summed E-state index contributed by atoms with van der Waals surface area (Å²) < 4.78 is 26.5. The van der Waals surface area contributed by atoms with Gasteiger partial charge in [0.1, 0.15) is 0 Å². The van der Waals surface area contributed by atoms with E-state index in [0.717, 1.165) is 24.0 Å². The Morgan fingerprint density at radius 2 is 1.80 bits per heavy atom. The molecule has 0 bridgehead atoms. The van der Waals surface area contributed by atoms with Crippen LogP contribution < -0.4 is 0 Å². The van der Waals surface area contributed by atoms with Crippen molar-refractivity contribution in [1.29, 1.82) is 0 Å². The second kappa shape index (κ2) is 6.70. The van der Waals surface area contributed by atoms with E-state index in [1.165, 1.54) is 6.42 Å². The summed E-state index contributed by atoms with van der Waals surface area (Å²) in [7, 11) is -3.25. The summed E-state index contributed by atoms with van der Waals surface area (Å²) in [4.78, 5) is 0. The molecule has 1 aliphatic rings. The van der Waals surface area contributed by atoms with Crippen LogP contribution in [0.4, 0.5) is 0 Å². The molecule has 1 aliphatic carbocycles. The fraction of sp³-hybridized carbons (Fsp3) is 0.600. The first-order chi connectivity index (χ1) is 9.55. The van der Waals surface area contributed by atoms with Crippen molar-refractivity contribution in [2.45, 2.75) is 38.5 Å². The normalized spacial score (nSPS) is 16.4. The predicted molar refractivity (Wildman–Crippen MR) is 79.6 cm³/mol. The maximum Gasteiger partial charge on any atom is 0.218 e. The Hall–Kier alpha value is -0.910. The van der Waals surface area contributed by atoms with Gasteiger partial charge in [0, 0.05) is 13.1 Å². The number of sulfonamides is 1. The van der Waals surface area contributed by atoms with Gasteiger partial charge in [0.25, 0.3) is 0 Å². The molecule has 1 saturated carbocycles. The molecule has 20 heavy (non-hydrogen) atoms. The van der Waals surface area contributed by atoms with Gasteiger partial charge in [-0.2, -0.15) is 0 Å². The third-order valence-electron chi connectivity index (χ3n) is 3.99. The lowest BCUT2D eigenvalue weighted by Crippen LogP contribution is -2.37. The van der Waals surface area contributed by atoms with Crippen LogP contribution in [0.25, 0.3) is 0 Å². The van der Waals surface area contributed by atoms with Crippen LogP contribution in [0.15, 0.2) is 24.3 Å². The molecule has 0 amide bonds. The number of hydrogen-bond donors (Lipinski definition) is 1. The van der Waals surface area contributed by atoms with Crippen LogP contribution in [0, 0.1) is 5.92 Å². The quantitative estimate of drug-likeness (QED) is 0.839. The van der Waals surface area contributed by atoms with Gasteiger partial charge in [0.15, 0.2) is 0 Å². The lowest BCUT2D eigenvalue weighted by atomic mass is 9.85. The Morgan fingerprint density at radius 1 is 1.20 bits per heavy atom. The van der Waals surface area contributed by atoms with E-state index < -0.39 is 10.0 Å². The monoisotopic (exact) mass is 297 g/mol. The average molecular weight is 297 g/mol. The van der Waals surface area contributed by atoms with E-state index in [-0.39, 0.29) is 12.4 Å². The molecule has 2 rings (SSSR count). The van der Waals surface area contributed by atoms with Crippen molar-refractivity contribution < 1.29 is 13.5 Å². The summed E-state index contributed by atoms with van der Waals surface area (Å²) in [6.07, 6.45) is 3.53. The number of nitrogens with zero attached hydrogens (tertiary/aromatic N) is 1. The van der Waals surface area contributed by atoms with Crippen LogP contribution in [0.2, 0.25) is 0 Å². The minimum atomic E-state index is -3.25. The van der Waals surface area contributed by atoms with Gasteiger partial charge in [-0.15, -0.1) is 0 Å². The standard InChI is InChI=1S/C15H23NO3S/c1-2-16(10-13-4-3-5-13)20(18,19)12-15-8-6-14(11-17)7-9-15/h6-9,13,17H,2-5,10-12H2,1H3. The van der Waals surface area contributed by atoms with E-state index in [1.807, 2.05) is 6.92 Å². The number of hydrogen-bond acceptors (Lipinski definition) is 3. The molecular weight excluding hydrogens is 274 g/mol. The molecule has 5 heteroatoms. The first-order valence-electron chi connectivity index (χ1n) is 7.21. The van der Waals surface area contributed by atoms with Crippen LogP contribution in [-0.2, 0) is 22.4 Å². The highest BCUT2D eigenvalue weighted by Gasteiger charge is 2.27. The zero-order valence-electron chi connectivity index (χ0n) is 12.0. The number of benzene rings is 1. The van der Waals surface area contributed by atoms with Gasteiger partial charge in [0.05, 0.1) is 12.4 Å². The van der Waals surface area contributed by atoms with E-state index in [2.05, 4.69) is 0 Å². The SMILES string of the molecule is CCN(CC1CCC1)S(=O)(=O)Cc1ccc(CO)cc1. The Labute approximate surface area is 121 Å². The van der Waals surface area contributed by atoms with Crippen molar-refractivity contribution in [3.05, 3.63) is 35.4 Å². The molecule has 0 aliphatic heterocycles. The zero-order chi connectivity index (χ0) is 14.6. The predicted octanol–water partition coefficient (Wildman–Crippen LogP) is 2.13. The summed E-state index contributed by atoms with van der Waals surface area (Å²) >= 11 is 0. The minimum absolute atomic E-state index is 0.0181. The summed E-state index contributed by atoms with van der Waals surface area (Å²) in [6.45, 7) is 3.07. The Morgan fingerprint density at radius 3 is 2.25 bits per heavy atom. The molecule has 0 heterocycles. The van der Waals surface area contributed by atoms with Crippen molar-refractivity contribution in [3.63, 3.8) is 0 Å². The highest BCUT2D eigenvalue weighted by Crippen LogP contribution is 2.28. The molecule has 4 nitrogen and oxygen atoms in total. The minimum Gasteiger partial charge on any atom is -0.392 e. The van der Waals surface area contributed by atoms with Gasteiger partial charge in [-0.25, -0.2) is 12.7 Å². The Kier molecular flexibility index (Phi) is 5.18. The maximum atomic E-state index is 12.4. The topological polar surface area (TPSA) is 57.6 Å². The lowest BCUT2D eigenvalue weighted by Gasteiger charge is -2.31. The molecule has 0 aromatic heterocycles. The van der Waals surface area contributed by atoms with E-state index in [1.54, 1.807) is 28.6 Å². The first kappa shape index (κ1) is 15.5. The molecule has 0 atom stereocenters. The van der Waals surface area contributed by atoms with Crippen LogP contribution >= 0.6 is 0 Å². The van der Waals surface area contributed by atoms with E-state index in [0.29, 0.717) is 19.0 Å². The van der Waals surface area contributed by atoms with E-state index in [9.17, 15) is 8.42 Å². The molecule has 112 valence electrons. The zero-order valence-corrected chi connectivity index (χ0v) is 12.8. The van der Waals surface area contributed by atoms with E-state index >= 15 is 0 Å². The maximum absolute atomic E-state index is 12.4. The van der Waals surface area contributed by atoms with Crippen molar-refractivity contribution >= 4 is 10.0 Å². The number of rotatable bonds is 7. The summed E-state index contributed by atoms with van der Waals surface area (Å²) in [5, 5.41) is 8.99. The summed E-state index contributed by atoms with van der Waals surface area (Å²) in [6, 6.07) is 7.10. The third-order valence-corrected chi connectivity index (χ3v) is 5.88. The Bertz CT molecular complexity index is 521. The number of aliphatic hydroxyl groups is 1. The van der Waals surface area contributed by atoms with Crippen LogP contribution in [0.5, 0.6) is 0 Å². The third kappa shape index (κ3) is 3.81. The van der Waals surface area contributed by atoms with Gasteiger partial charge in [-0.3, -0.25) is 0 Å². The van der Waals surface area contributed by atoms with Gasteiger partial charge in [0.2, 0.25) is 10.0 Å². The van der Waals surface area contributed by atoms with Crippen molar-refractivity contribution in [3.8, 4) is 0 Å². The molecular formula is C15H23NO3S. The summed E-state index contributed by atoms with van der Waals surface area (Å²) in [5.41, 5.74) is 1.57. The van der Waals surface area contributed by atoms with Crippen molar-refractivity contribution in [2.75, 3.05) is 13.1 Å². The van der Waals surface area contributed by atoms with Crippen LogP contribution in [0.3, 0.4) is 0 Å². The van der Waals surface area contributed by atoms with Gasteiger partial charge in [-0.05, 0) is 29.9 Å². The first-order valence-corrected chi connectivity index (χ1v) is 8.82. The second-order valence-electron chi connectivity index (χ2n) is 5.48.